The van der Waals surface area contributed by atoms with Gasteiger partial charge in [0.1, 0.15) is 19.3 Å². The molecule has 2 aliphatic rings. The summed E-state index contributed by atoms with van der Waals surface area (Å²) >= 11 is 0. The molecule has 180 valence electrons. The Morgan fingerprint density at radius 1 is 1.12 bits per heavy atom. The van der Waals surface area contributed by atoms with Crippen LogP contribution in [0.4, 0.5) is 0 Å². The van der Waals surface area contributed by atoms with Crippen LogP contribution in [0.1, 0.15) is 76.9 Å². The molecule has 1 aromatic rings. The van der Waals surface area contributed by atoms with Crippen LogP contribution in [-0.4, -0.2) is 56.8 Å². The lowest BCUT2D eigenvalue weighted by molar-refractivity contribution is -0.123. The van der Waals surface area contributed by atoms with E-state index in [0.29, 0.717) is 19.6 Å². The van der Waals surface area contributed by atoms with Crippen LogP contribution in [0.3, 0.4) is 0 Å². The van der Waals surface area contributed by atoms with Gasteiger partial charge in [-0.1, -0.05) is 45.6 Å². The zero-order valence-electron chi connectivity index (χ0n) is 20.2. The molecule has 6 nitrogen and oxygen atoms in total. The van der Waals surface area contributed by atoms with Crippen molar-refractivity contribution in [3.8, 4) is 11.5 Å². The zero-order chi connectivity index (χ0) is 22.8. The summed E-state index contributed by atoms with van der Waals surface area (Å²) in [7, 11) is 1.73. The minimum Gasteiger partial charge on any atom is -0.486 e. The SMILES string of the molecule is CCCCCCCC(=O)NC(CN1CCC(C)CC1)C(OC)c1ccc2c(c1)OCCO2. The highest BCUT2D eigenvalue weighted by atomic mass is 16.6. The number of unbranched alkanes of at least 4 members (excludes halogenated alkanes) is 4. The molecule has 2 unspecified atom stereocenters. The van der Waals surface area contributed by atoms with Crippen molar-refractivity contribution in [1.29, 1.82) is 0 Å². The Labute approximate surface area is 194 Å². The molecule has 0 aromatic heterocycles. The Bertz CT molecular complexity index is 703. The quantitative estimate of drug-likeness (QED) is 0.471. The highest BCUT2D eigenvalue weighted by Crippen LogP contribution is 2.34. The molecule has 1 saturated heterocycles. The molecule has 0 aliphatic carbocycles. The molecule has 1 N–H and O–H groups in total. The lowest BCUT2D eigenvalue weighted by Crippen LogP contribution is -2.49. The Kier molecular flexibility index (Phi) is 10.1. The number of nitrogens with one attached hydrogen (secondary N) is 1. The Morgan fingerprint density at radius 2 is 1.84 bits per heavy atom. The van der Waals surface area contributed by atoms with Gasteiger partial charge < -0.3 is 24.4 Å². The summed E-state index contributed by atoms with van der Waals surface area (Å²) in [6.07, 6.45) is 8.48. The van der Waals surface area contributed by atoms with E-state index in [1.54, 1.807) is 7.11 Å². The maximum atomic E-state index is 12.8. The number of nitrogens with zero attached hydrogens (tertiary/aromatic N) is 1. The van der Waals surface area contributed by atoms with Crippen molar-refractivity contribution in [3.05, 3.63) is 23.8 Å². The van der Waals surface area contributed by atoms with Gasteiger partial charge in [0.2, 0.25) is 5.91 Å². The van der Waals surface area contributed by atoms with Crippen molar-refractivity contribution < 1.29 is 19.0 Å². The van der Waals surface area contributed by atoms with E-state index in [2.05, 4.69) is 24.1 Å². The Morgan fingerprint density at radius 3 is 2.56 bits per heavy atom. The number of hydrogen-bond acceptors (Lipinski definition) is 5. The summed E-state index contributed by atoms with van der Waals surface area (Å²) in [6, 6.07) is 5.87. The highest BCUT2D eigenvalue weighted by Gasteiger charge is 2.29. The minimum absolute atomic E-state index is 0.112. The normalized spacial score (nSPS) is 18.8. The van der Waals surface area contributed by atoms with E-state index >= 15 is 0 Å². The van der Waals surface area contributed by atoms with Crippen molar-refractivity contribution in [2.24, 2.45) is 5.92 Å². The van der Waals surface area contributed by atoms with Crippen molar-refractivity contribution >= 4 is 5.91 Å². The van der Waals surface area contributed by atoms with E-state index in [0.717, 1.165) is 55.5 Å². The van der Waals surface area contributed by atoms with Gasteiger partial charge in [-0.25, -0.2) is 0 Å². The Hall–Kier alpha value is -1.79. The van der Waals surface area contributed by atoms with Gasteiger partial charge in [0, 0.05) is 20.1 Å². The smallest absolute Gasteiger partial charge is 0.220 e. The molecule has 1 fully saturated rings. The molecule has 0 saturated carbocycles. The summed E-state index contributed by atoms with van der Waals surface area (Å²) in [5, 5.41) is 3.32. The first-order chi connectivity index (χ1) is 15.6. The molecule has 0 spiro atoms. The van der Waals surface area contributed by atoms with Crippen LogP contribution in [0.25, 0.3) is 0 Å². The van der Waals surface area contributed by atoms with Gasteiger partial charge >= 0.3 is 0 Å². The highest BCUT2D eigenvalue weighted by molar-refractivity contribution is 5.76. The van der Waals surface area contributed by atoms with E-state index in [1.807, 2.05) is 18.2 Å². The first kappa shape index (κ1) is 24.8. The third-order valence-electron chi connectivity index (χ3n) is 6.70. The number of benzene rings is 1. The van der Waals surface area contributed by atoms with Crippen LogP contribution in [-0.2, 0) is 9.53 Å². The summed E-state index contributed by atoms with van der Waals surface area (Å²) in [5.41, 5.74) is 1.01. The molecule has 6 heteroatoms. The fourth-order valence-corrected chi connectivity index (χ4v) is 4.68. The number of rotatable bonds is 12. The molecule has 2 aliphatic heterocycles. The van der Waals surface area contributed by atoms with Crippen molar-refractivity contribution in [3.63, 3.8) is 0 Å². The molecule has 32 heavy (non-hydrogen) atoms. The zero-order valence-corrected chi connectivity index (χ0v) is 20.2. The number of carbonyl (C=O) groups excluding carboxylic acids is 1. The number of fused-ring (bicyclic) bond motifs is 1. The van der Waals surface area contributed by atoms with E-state index in [4.69, 9.17) is 14.2 Å². The summed E-state index contributed by atoms with van der Waals surface area (Å²) < 4.78 is 17.4. The van der Waals surface area contributed by atoms with Crippen molar-refractivity contribution in [2.45, 2.75) is 77.4 Å². The second-order valence-electron chi connectivity index (χ2n) is 9.38. The average Bonchev–Trinajstić information content (AvgIpc) is 2.80. The number of carbonyl (C=O) groups is 1. The fraction of sp³-hybridized carbons (Fsp3) is 0.731. The first-order valence-electron chi connectivity index (χ1n) is 12.5. The van der Waals surface area contributed by atoms with Crippen LogP contribution in [0.2, 0.25) is 0 Å². The van der Waals surface area contributed by atoms with Gasteiger partial charge in [-0.2, -0.15) is 0 Å². The number of hydrogen-bond donors (Lipinski definition) is 1. The lowest BCUT2D eigenvalue weighted by Gasteiger charge is -2.36. The number of methoxy groups -OCH3 is 1. The number of likely N-dealkylation sites (tertiary alicyclic amines) is 1. The molecule has 2 atom stereocenters. The summed E-state index contributed by atoms with van der Waals surface area (Å²) in [4.78, 5) is 15.3. The van der Waals surface area contributed by atoms with Crippen molar-refractivity contribution in [1.82, 2.24) is 10.2 Å². The average molecular weight is 447 g/mol. The fourth-order valence-electron chi connectivity index (χ4n) is 4.68. The molecule has 0 bridgehead atoms. The van der Waals surface area contributed by atoms with Crippen LogP contribution < -0.4 is 14.8 Å². The largest absolute Gasteiger partial charge is 0.486 e. The second-order valence-corrected chi connectivity index (χ2v) is 9.38. The van der Waals surface area contributed by atoms with Gasteiger partial charge in [-0.15, -0.1) is 0 Å². The maximum Gasteiger partial charge on any atom is 0.220 e. The van der Waals surface area contributed by atoms with Crippen LogP contribution in [0, 0.1) is 5.92 Å². The lowest BCUT2D eigenvalue weighted by atomic mass is 9.96. The summed E-state index contributed by atoms with van der Waals surface area (Å²) in [6.45, 7) is 8.60. The molecule has 2 heterocycles. The summed E-state index contributed by atoms with van der Waals surface area (Å²) in [5.74, 6) is 2.42. The number of amides is 1. The van der Waals surface area contributed by atoms with E-state index in [-0.39, 0.29) is 18.1 Å². The molecule has 3 rings (SSSR count). The predicted molar refractivity (Wildman–Crippen MR) is 127 cm³/mol. The third-order valence-corrected chi connectivity index (χ3v) is 6.70. The molecular formula is C26H42N2O4. The molecule has 1 amide bonds. The number of piperidine rings is 1. The third kappa shape index (κ3) is 7.38. The van der Waals surface area contributed by atoms with E-state index in [9.17, 15) is 4.79 Å². The standard InChI is InChI=1S/C26H42N2O4/c1-4-5-6-7-8-9-25(29)27-22(19-28-14-12-20(2)13-15-28)26(30-3)21-10-11-23-24(18-21)32-17-16-31-23/h10-11,18,20,22,26H,4-9,12-17,19H2,1-3H3,(H,27,29). The number of ether oxygens (including phenoxy) is 3. The Balaban J connectivity index is 1.68. The topological polar surface area (TPSA) is 60.0 Å². The molecule has 0 radical (unpaired) electrons. The van der Waals surface area contributed by atoms with Gasteiger partial charge in [0.25, 0.3) is 0 Å². The van der Waals surface area contributed by atoms with Gasteiger partial charge in [0.15, 0.2) is 11.5 Å². The monoisotopic (exact) mass is 446 g/mol. The maximum absolute atomic E-state index is 12.8. The van der Waals surface area contributed by atoms with E-state index in [1.165, 1.54) is 32.1 Å². The van der Waals surface area contributed by atoms with Gasteiger partial charge in [0.05, 0.1) is 6.04 Å². The second kappa shape index (κ2) is 13.0. The van der Waals surface area contributed by atoms with E-state index < -0.39 is 0 Å². The van der Waals surface area contributed by atoms with Crippen LogP contribution >= 0.6 is 0 Å². The molecule has 1 aromatic carbocycles. The van der Waals surface area contributed by atoms with Crippen molar-refractivity contribution in [2.75, 3.05) is 40.0 Å². The van der Waals surface area contributed by atoms with Gasteiger partial charge in [-0.3, -0.25) is 4.79 Å². The predicted octanol–water partition coefficient (Wildman–Crippen LogP) is 4.72. The van der Waals surface area contributed by atoms with Gasteiger partial charge in [-0.05, 0) is 56.0 Å². The van der Waals surface area contributed by atoms with Crippen LogP contribution in [0.5, 0.6) is 11.5 Å². The first-order valence-corrected chi connectivity index (χ1v) is 12.5. The minimum atomic E-state index is -0.241. The molecular weight excluding hydrogens is 404 g/mol. The van der Waals surface area contributed by atoms with Crippen LogP contribution in [0.15, 0.2) is 18.2 Å².